The van der Waals surface area contributed by atoms with E-state index in [9.17, 15) is 0 Å². The van der Waals surface area contributed by atoms with Gasteiger partial charge in [-0.3, -0.25) is 0 Å². The van der Waals surface area contributed by atoms with Crippen LogP contribution in [0.25, 0.3) is 0 Å². The zero-order valence-corrected chi connectivity index (χ0v) is 12.9. The summed E-state index contributed by atoms with van der Waals surface area (Å²) in [5.74, 6) is 1.70. The van der Waals surface area contributed by atoms with Crippen molar-refractivity contribution in [3.8, 4) is 11.5 Å². The lowest BCUT2D eigenvalue weighted by atomic mass is 10.0. The largest absolute Gasteiger partial charge is 0.456 e. The van der Waals surface area contributed by atoms with Crippen LogP contribution in [-0.4, -0.2) is 6.54 Å². The Bertz CT molecular complexity index is 623. The molecule has 0 spiro atoms. The molecular formula is C17H20ClNO. The number of nitrogens with two attached hydrogens (primary N) is 1. The summed E-state index contributed by atoms with van der Waals surface area (Å²) in [6.45, 7) is 6.80. The molecule has 0 radical (unpaired) electrons. The molecule has 2 rings (SSSR count). The van der Waals surface area contributed by atoms with E-state index in [1.807, 2.05) is 18.2 Å². The molecule has 0 fully saturated rings. The van der Waals surface area contributed by atoms with Gasteiger partial charge in [-0.15, -0.1) is 0 Å². The summed E-state index contributed by atoms with van der Waals surface area (Å²) in [7, 11) is 0. The average Bonchev–Trinajstić information content (AvgIpc) is 2.42. The summed E-state index contributed by atoms with van der Waals surface area (Å²) in [6.07, 6.45) is 0.774. The molecule has 0 bridgehead atoms. The lowest BCUT2D eigenvalue weighted by Crippen LogP contribution is -2.04. The third-order valence-electron chi connectivity index (χ3n) is 3.53. The van der Waals surface area contributed by atoms with Crippen molar-refractivity contribution in [2.24, 2.45) is 5.73 Å². The molecule has 0 saturated heterocycles. The monoisotopic (exact) mass is 289 g/mol. The lowest BCUT2D eigenvalue weighted by Gasteiger charge is -2.16. The van der Waals surface area contributed by atoms with E-state index in [-0.39, 0.29) is 0 Å². The van der Waals surface area contributed by atoms with Gasteiger partial charge < -0.3 is 10.5 Å². The molecule has 0 aliphatic heterocycles. The Kier molecular flexibility index (Phi) is 4.69. The van der Waals surface area contributed by atoms with Crippen LogP contribution >= 0.6 is 11.6 Å². The zero-order chi connectivity index (χ0) is 14.7. The van der Waals surface area contributed by atoms with Crippen molar-refractivity contribution in [1.82, 2.24) is 0 Å². The normalized spacial score (nSPS) is 10.7. The van der Waals surface area contributed by atoms with E-state index in [0.717, 1.165) is 34.6 Å². The molecule has 2 N–H and O–H groups in total. The molecule has 2 aromatic carbocycles. The first-order valence-electron chi connectivity index (χ1n) is 6.76. The van der Waals surface area contributed by atoms with Gasteiger partial charge in [0.05, 0.1) is 0 Å². The summed E-state index contributed by atoms with van der Waals surface area (Å²) in [4.78, 5) is 0. The maximum atomic E-state index is 6.15. The standard InChI is InChI=1S/C17H20ClNO/c1-11-4-5-12(2)17(13(11)3)20-16-10-15(18)7-6-14(16)8-9-19/h4-7,10H,8-9,19H2,1-3H3. The van der Waals surface area contributed by atoms with Crippen molar-refractivity contribution >= 4 is 11.6 Å². The van der Waals surface area contributed by atoms with Gasteiger partial charge in [0.15, 0.2) is 0 Å². The molecule has 0 aromatic heterocycles. The van der Waals surface area contributed by atoms with Gasteiger partial charge in [0.25, 0.3) is 0 Å². The first-order chi connectivity index (χ1) is 9.52. The van der Waals surface area contributed by atoms with E-state index < -0.39 is 0 Å². The third-order valence-corrected chi connectivity index (χ3v) is 3.76. The van der Waals surface area contributed by atoms with E-state index in [1.54, 1.807) is 0 Å². The number of hydrogen-bond donors (Lipinski definition) is 1. The van der Waals surface area contributed by atoms with Gasteiger partial charge in [0.2, 0.25) is 0 Å². The van der Waals surface area contributed by atoms with Gasteiger partial charge in [-0.2, -0.15) is 0 Å². The quantitative estimate of drug-likeness (QED) is 0.895. The fourth-order valence-electron chi connectivity index (χ4n) is 2.18. The highest BCUT2D eigenvalue weighted by Crippen LogP contribution is 2.34. The second-order valence-electron chi connectivity index (χ2n) is 5.05. The van der Waals surface area contributed by atoms with Crippen LogP contribution in [0.1, 0.15) is 22.3 Å². The minimum atomic E-state index is 0.587. The number of halogens is 1. The first-order valence-corrected chi connectivity index (χ1v) is 7.14. The average molecular weight is 290 g/mol. The molecule has 0 amide bonds. The third kappa shape index (κ3) is 3.14. The van der Waals surface area contributed by atoms with Crippen molar-refractivity contribution in [3.05, 3.63) is 57.6 Å². The highest BCUT2D eigenvalue weighted by molar-refractivity contribution is 6.30. The summed E-state index contributed by atoms with van der Waals surface area (Å²) in [5.41, 5.74) is 10.2. The molecule has 2 aromatic rings. The second kappa shape index (κ2) is 6.29. The Morgan fingerprint density at radius 1 is 1.05 bits per heavy atom. The number of rotatable bonds is 4. The summed E-state index contributed by atoms with van der Waals surface area (Å²) < 4.78 is 6.15. The molecule has 0 unspecified atom stereocenters. The van der Waals surface area contributed by atoms with Crippen LogP contribution in [0.2, 0.25) is 5.02 Å². The number of hydrogen-bond acceptors (Lipinski definition) is 2. The van der Waals surface area contributed by atoms with Gasteiger partial charge in [0.1, 0.15) is 11.5 Å². The van der Waals surface area contributed by atoms with Gasteiger partial charge in [-0.1, -0.05) is 29.8 Å². The van der Waals surface area contributed by atoms with E-state index in [2.05, 4.69) is 32.9 Å². The number of benzene rings is 2. The Morgan fingerprint density at radius 3 is 2.45 bits per heavy atom. The molecule has 0 saturated carbocycles. The fourth-order valence-corrected chi connectivity index (χ4v) is 2.34. The topological polar surface area (TPSA) is 35.2 Å². The Morgan fingerprint density at radius 2 is 1.75 bits per heavy atom. The van der Waals surface area contributed by atoms with Gasteiger partial charge in [0, 0.05) is 5.02 Å². The molecule has 3 heteroatoms. The Hall–Kier alpha value is -1.51. The lowest BCUT2D eigenvalue weighted by molar-refractivity contribution is 0.468. The van der Waals surface area contributed by atoms with E-state index in [1.165, 1.54) is 5.56 Å². The smallest absolute Gasteiger partial charge is 0.133 e. The van der Waals surface area contributed by atoms with Gasteiger partial charge in [-0.05, 0) is 68.1 Å². The molecule has 106 valence electrons. The van der Waals surface area contributed by atoms with Gasteiger partial charge >= 0.3 is 0 Å². The van der Waals surface area contributed by atoms with Crippen LogP contribution in [0.15, 0.2) is 30.3 Å². The Labute approximate surface area is 125 Å². The number of ether oxygens (including phenoxy) is 1. The van der Waals surface area contributed by atoms with E-state index >= 15 is 0 Å². The van der Waals surface area contributed by atoms with Crippen molar-refractivity contribution in [2.75, 3.05) is 6.54 Å². The van der Waals surface area contributed by atoms with Crippen LogP contribution in [0, 0.1) is 20.8 Å². The van der Waals surface area contributed by atoms with Crippen LogP contribution < -0.4 is 10.5 Å². The van der Waals surface area contributed by atoms with E-state index in [4.69, 9.17) is 22.1 Å². The maximum absolute atomic E-state index is 6.15. The van der Waals surface area contributed by atoms with E-state index in [0.29, 0.717) is 11.6 Å². The van der Waals surface area contributed by atoms with Gasteiger partial charge in [-0.25, -0.2) is 0 Å². The molecule has 20 heavy (non-hydrogen) atoms. The highest BCUT2D eigenvalue weighted by Gasteiger charge is 2.11. The molecule has 0 heterocycles. The SMILES string of the molecule is Cc1ccc(C)c(Oc2cc(Cl)ccc2CCN)c1C. The fraction of sp³-hybridized carbons (Fsp3) is 0.294. The predicted molar refractivity (Wildman–Crippen MR) is 84.9 cm³/mol. The summed E-state index contributed by atoms with van der Waals surface area (Å²) >= 11 is 6.08. The first kappa shape index (κ1) is 14.9. The predicted octanol–water partition coefficient (Wildman–Crippen LogP) is 4.56. The molecular weight excluding hydrogens is 270 g/mol. The van der Waals surface area contributed by atoms with Crippen molar-refractivity contribution in [2.45, 2.75) is 27.2 Å². The van der Waals surface area contributed by atoms with Crippen LogP contribution in [0.4, 0.5) is 0 Å². The van der Waals surface area contributed by atoms with Crippen LogP contribution in [-0.2, 0) is 6.42 Å². The highest BCUT2D eigenvalue weighted by atomic mass is 35.5. The second-order valence-corrected chi connectivity index (χ2v) is 5.48. The van der Waals surface area contributed by atoms with Crippen LogP contribution in [0.3, 0.4) is 0 Å². The molecule has 0 aliphatic carbocycles. The molecule has 2 nitrogen and oxygen atoms in total. The Balaban J connectivity index is 2.44. The number of aryl methyl sites for hydroxylation is 2. The van der Waals surface area contributed by atoms with Crippen LogP contribution in [0.5, 0.6) is 11.5 Å². The summed E-state index contributed by atoms with van der Waals surface area (Å²) in [5, 5.41) is 0.670. The molecule has 0 aliphatic rings. The molecule has 0 atom stereocenters. The van der Waals surface area contributed by atoms with Crippen molar-refractivity contribution in [1.29, 1.82) is 0 Å². The minimum absolute atomic E-state index is 0.587. The minimum Gasteiger partial charge on any atom is -0.456 e. The van der Waals surface area contributed by atoms with Crippen molar-refractivity contribution in [3.63, 3.8) is 0 Å². The maximum Gasteiger partial charge on any atom is 0.133 e. The zero-order valence-electron chi connectivity index (χ0n) is 12.2. The van der Waals surface area contributed by atoms with Crippen molar-refractivity contribution < 1.29 is 4.74 Å². The summed E-state index contributed by atoms with van der Waals surface area (Å²) in [6, 6.07) is 9.88.